The van der Waals surface area contributed by atoms with Gasteiger partial charge in [-0.05, 0) is 31.6 Å². The molecular formula is C13H17F3N2O. The van der Waals surface area contributed by atoms with Crippen molar-refractivity contribution in [3.8, 4) is 0 Å². The molecular weight excluding hydrogens is 257 g/mol. The van der Waals surface area contributed by atoms with Crippen LogP contribution in [0.5, 0.6) is 0 Å². The molecule has 3 nitrogen and oxygen atoms in total. The van der Waals surface area contributed by atoms with E-state index in [1.165, 1.54) is 0 Å². The molecule has 2 rings (SSSR count). The Kier molecular flexibility index (Phi) is 3.99. The first-order valence-corrected chi connectivity index (χ1v) is 6.37. The lowest BCUT2D eigenvalue weighted by Crippen LogP contribution is -2.40. The lowest BCUT2D eigenvalue weighted by atomic mass is 9.79. The van der Waals surface area contributed by atoms with E-state index in [0.29, 0.717) is 24.8 Å². The minimum atomic E-state index is -1.35. The van der Waals surface area contributed by atoms with Gasteiger partial charge in [0.15, 0.2) is 17.5 Å². The fraction of sp³-hybridized carbons (Fsp3) is 0.615. The number of pyridine rings is 1. The lowest BCUT2D eigenvalue weighted by Gasteiger charge is -2.35. The van der Waals surface area contributed by atoms with Gasteiger partial charge >= 0.3 is 0 Å². The zero-order valence-electron chi connectivity index (χ0n) is 10.7. The highest BCUT2D eigenvalue weighted by atomic mass is 19.2. The van der Waals surface area contributed by atoms with E-state index in [9.17, 15) is 18.3 Å². The van der Waals surface area contributed by atoms with Crippen molar-refractivity contribution >= 4 is 5.82 Å². The molecule has 6 heteroatoms. The summed E-state index contributed by atoms with van der Waals surface area (Å²) in [5, 5.41) is 12.8. The number of anilines is 1. The van der Waals surface area contributed by atoms with Gasteiger partial charge in [-0.15, -0.1) is 0 Å². The molecule has 1 aliphatic carbocycles. The maximum atomic E-state index is 13.4. The summed E-state index contributed by atoms with van der Waals surface area (Å²) in [6, 6.07) is 0.442. The maximum absolute atomic E-state index is 13.4. The Bertz CT molecular complexity index is 459. The van der Waals surface area contributed by atoms with Crippen LogP contribution in [0.15, 0.2) is 6.07 Å². The molecule has 1 aliphatic rings. The number of aliphatic hydroxyl groups is 1. The summed E-state index contributed by atoms with van der Waals surface area (Å²) in [5.74, 6) is -3.45. The molecule has 0 spiro atoms. The van der Waals surface area contributed by atoms with E-state index in [4.69, 9.17) is 0 Å². The third kappa shape index (κ3) is 3.37. The number of hydrogen-bond acceptors (Lipinski definition) is 3. The summed E-state index contributed by atoms with van der Waals surface area (Å²) >= 11 is 0. The second-order valence-corrected chi connectivity index (χ2v) is 5.35. The Balaban J connectivity index is 2.01. The molecule has 1 aromatic heterocycles. The number of nitrogens with one attached hydrogen (secondary N) is 1. The molecule has 0 saturated heterocycles. The molecule has 1 saturated carbocycles. The molecule has 1 aromatic rings. The van der Waals surface area contributed by atoms with Gasteiger partial charge in [-0.2, -0.15) is 9.37 Å². The molecule has 2 N–H and O–H groups in total. The van der Waals surface area contributed by atoms with Gasteiger partial charge in [-0.3, -0.25) is 0 Å². The van der Waals surface area contributed by atoms with Gasteiger partial charge in [-0.25, -0.2) is 8.78 Å². The van der Waals surface area contributed by atoms with Crippen LogP contribution in [-0.4, -0.2) is 22.2 Å². The molecule has 0 amide bonds. The molecule has 0 aromatic carbocycles. The van der Waals surface area contributed by atoms with Crippen LogP contribution in [0.3, 0.4) is 0 Å². The van der Waals surface area contributed by atoms with Crippen molar-refractivity contribution < 1.29 is 18.3 Å². The highest BCUT2D eigenvalue weighted by Gasteiger charge is 2.31. The number of halogens is 3. The zero-order chi connectivity index (χ0) is 14.0. The first-order valence-electron chi connectivity index (χ1n) is 6.37. The average Bonchev–Trinajstić information content (AvgIpc) is 2.36. The molecule has 106 valence electrons. The van der Waals surface area contributed by atoms with Crippen LogP contribution in [0.4, 0.5) is 19.0 Å². The molecule has 1 fully saturated rings. The van der Waals surface area contributed by atoms with E-state index in [0.717, 1.165) is 12.8 Å². The molecule has 1 heterocycles. The maximum Gasteiger partial charge on any atom is 0.251 e. The van der Waals surface area contributed by atoms with Gasteiger partial charge in [0.1, 0.15) is 0 Å². The van der Waals surface area contributed by atoms with E-state index in [1.807, 2.05) is 0 Å². The van der Waals surface area contributed by atoms with E-state index >= 15 is 0 Å². The standard InChI is InChI=1S/C13H17F3N2O/c1-8-2-4-13(19,5-3-8)7-17-12-10(15)6-9(14)11(16)18-12/h6,8,19H,2-5,7H2,1H3,(H,17,18). The van der Waals surface area contributed by atoms with Crippen LogP contribution in [0.1, 0.15) is 32.6 Å². The lowest BCUT2D eigenvalue weighted by molar-refractivity contribution is 0.00488. The second-order valence-electron chi connectivity index (χ2n) is 5.35. The highest BCUT2D eigenvalue weighted by Crippen LogP contribution is 2.32. The van der Waals surface area contributed by atoms with Gasteiger partial charge in [-0.1, -0.05) is 6.92 Å². The zero-order valence-corrected chi connectivity index (χ0v) is 10.7. The second kappa shape index (κ2) is 5.36. The van der Waals surface area contributed by atoms with E-state index in [2.05, 4.69) is 17.2 Å². The Morgan fingerprint density at radius 1 is 1.32 bits per heavy atom. The third-order valence-electron chi connectivity index (χ3n) is 3.68. The predicted octanol–water partition coefficient (Wildman–Crippen LogP) is 2.85. The van der Waals surface area contributed by atoms with Gasteiger partial charge < -0.3 is 10.4 Å². The fourth-order valence-corrected chi connectivity index (χ4v) is 2.29. The number of aromatic nitrogens is 1. The summed E-state index contributed by atoms with van der Waals surface area (Å²) in [5.41, 5.74) is -0.939. The fourth-order valence-electron chi connectivity index (χ4n) is 2.29. The summed E-state index contributed by atoms with van der Waals surface area (Å²) in [4.78, 5) is 3.16. The quantitative estimate of drug-likeness (QED) is 0.833. The van der Waals surface area contributed by atoms with Crippen molar-refractivity contribution in [2.24, 2.45) is 5.92 Å². The van der Waals surface area contributed by atoms with Crippen molar-refractivity contribution in [1.82, 2.24) is 4.98 Å². The van der Waals surface area contributed by atoms with Crippen LogP contribution in [0.2, 0.25) is 0 Å². The van der Waals surface area contributed by atoms with Crippen LogP contribution < -0.4 is 5.32 Å². The summed E-state index contributed by atoms with van der Waals surface area (Å²) in [7, 11) is 0. The van der Waals surface area contributed by atoms with Gasteiger partial charge in [0.2, 0.25) is 0 Å². The highest BCUT2D eigenvalue weighted by molar-refractivity contribution is 5.36. The average molecular weight is 274 g/mol. The third-order valence-corrected chi connectivity index (χ3v) is 3.68. The topological polar surface area (TPSA) is 45.1 Å². The molecule has 0 radical (unpaired) electrons. The van der Waals surface area contributed by atoms with Crippen molar-refractivity contribution in [3.63, 3.8) is 0 Å². The van der Waals surface area contributed by atoms with E-state index < -0.39 is 23.2 Å². The number of rotatable bonds is 3. The SMILES string of the molecule is CC1CCC(O)(CNc2nc(F)c(F)cc2F)CC1. The largest absolute Gasteiger partial charge is 0.388 e. The summed E-state index contributed by atoms with van der Waals surface area (Å²) in [6.45, 7) is 2.19. The molecule has 0 bridgehead atoms. The van der Waals surface area contributed by atoms with Crippen molar-refractivity contribution in [2.45, 2.75) is 38.2 Å². The minimum absolute atomic E-state index is 0.0781. The first-order chi connectivity index (χ1) is 8.89. The first kappa shape index (κ1) is 14.1. The molecule has 0 aliphatic heterocycles. The van der Waals surface area contributed by atoms with E-state index in [-0.39, 0.29) is 12.4 Å². The number of nitrogens with zero attached hydrogens (tertiary/aromatic N) is 1. The van der Waals surface area contributed by atoms with Gasteiger partial charge in [0, 0.05) is 12.6 Å². The van der Waals surface area contributed by atoms with Crippen LogP contribution >= 0.6 is 0 Å². The Morgan fingerprint density at radius 2 is 1.95 bits per heavy atom. The van der Waals surface area contributed by atoms with Crippen molar-refractivity contribution in [1.29, 1.82) is 0 Å². The molecule has 0 atom stereocenters. The predicted molar refractivity (Wildman–Crippen MR) is 65.2 cm³/mol. The van der Waals surface area contributed by atoms with Crippen molar-refractivity contribution in [2.75, 3.05) is 11.9 Å². The van der Waals surface area contributed by atoms with E-state index in [1.54, 1.807) is 0 Å². The molecule has 0 unspecified atom stereocenters. The summed E-state index contributed by atoms with van der Waals surface area (Å²) in [6.07, 6.45) is 3.00. The Hall–Kier alpha value is -1.30. The van der Waals surface area contributed by atoms with Crippen LogP contribution in [0.25, 0.3) is 0 Å². The van der Waals surface area contributed by atoms with Gasteiger partial charge in [0.25, 0.3) is 5.95 Å². The Morgan fingerprint density at radius 3 is 2.58 bits per heavy atom. The van der Waals surface area contributed by atoms with Crippen molar-refractivity contribution in [3.05, 3.63) is 23.6 Å². The molecule has 19 heavy (non-hydrogen) atoms. The summed E-state index contributed by atoms with van der Waals surface area (Å²) < 4.78 is 39.0. The Labute approximate surface area is 109 Å². The van der Waals surface area contributed by atoms with Gasteiger partial charge in [0.05, 0.1) is 5.60 Å². The number of hydrogen-bond donors (Lipinski definition) is 2. The van der Waals surface area contributed by atoms with Crippen LogP contribution in [0, 0.1) is 23.5 Å². The monoisotopic (exact) mass is 274 g/mol. The minimum Gasteiger partial charge on any atom is -0.388 e. The normalized spacial score (nSPS) is 27.3. The smallest absolute Gasteiger partial charge is 0.251 e. The van der Waals surface area contributed by atoms with Crippen LogP contribution in [-0.2, 0) is 0 Å².